The van der Waals surface area contributed by atoms with Gasteiger partial charge >= 0.3 is 0 Å². The topological polar surface area (TPSA) is 12.0 Å². The molecule has 0 heterocycles. The molecule has 0 aliphatic carbocycles. The fourth-order valence-corrected chi connectivity index (χ4v) is 0.523. The molecule has 0 saturated heterocycles. The van der Waals surface area contributed by atoms with Gasteiger partial charge in [0.1, 0.15) is 0 Å². The highest BCUT2D eigenvalue weighted by Crippen LogP contribution is 1.92. The Morgan fingerprint density at radius 3 is 2.75 bits per heavy atom. The predicted molar refractivity (Wildman–Crippen MR) is 37.7 cm³/mol. The zero-order chi connectivity index (χ0) is 6.24. The number of unbranched alkanes of at least 4 members (excludes halogenated alkanes) is 2. The van der Waals surface area contributed by atoms with E-state index < -0.39 is 0 Å². The highest BCUT2D eigenvalue weighted by Gasteiger charge is 1.74. The van der Waals surface area contributed by atoms with Crippen molar-refractivity contribution in [2.75, 3.05) is 7.05 Å². The van der Waals surface area contributed by atoms with E-state index in [1.165, 1.54) is 19.3 Å². The van der Waals surface area contributed by atoms with Gasteiger partial charge in [-0.25, -0.2) is 0 Å². The van der Waals surface area contributed by atoms with Crippen LogP contribution >= 0.6 is 0 Å². The van der Waals surface area contributed by atoms with Crippen molar-refractivity contribution in [1.82, 2.24) is 5.32 Å². The van der Waals surface area contributed by atoms with Gasteiger partial charge in [-0.3, -0.25) is 0 Å². The van der Waals surface area contributed by atoms with Crippen molar-refractivity contribution >= 4 is 0 Å². The third-order valence-electron chi connectivity index (χ3n) is 1.01. The Kier molecular flexibility index (Phi) is 6.16. The van der Waals surface area contributed by atoms with Gasteiger partial charge in [0.05, 0.1) is 0 Å². The Morgan fingerprint density at radius 2 is 2.25 bits per heavy atom. The Balaban J connectivity index is 2.80. The highest BCUT2D eigenvalue weighted by molar-refractivity contribution is 4.76. The van der Waals surface area contributed by atoms with Gasteiger partial charge in [-0.1, -0.05) is 25.8 Å². The van der Waals surface area contributed by atoms with Crippen LogP contribution in [0.2, 0.25) is 0 Å². The molecule has 0 rings (SSSR count). The van der Waals surface area contributed by atoms with E-state index in [1.807, 2.05) is 13.2 Å². The maximum atomic E-state index is 2.95. The first-order valence-corrected chi connectivity index (χ1v) is 3.24. The lowest BCUT2D eigenvalue weighted by Gasteiger charge is -1.87. The lowest BCUT2D eigenvalue weighted by atomic mass is 10.2. The molecule has 0 saturated carbocycles. The summed E-state index contributed by atoms with van der Waals surface area (Å²) in [5.74, 6) is 0. The van der Waals surface area contributed by atoms with E-state index in [0.29, 0.717) is 0 Å². The average Bonchev–Trinajstić information content (AvgIpc) is 1.81. The molecule has 0 spiro atoms. The van der Waals surface area contributed by atoms with Gasteiger partial charge in [0.25, 0.3) is 0 Å². The molecule has 1 N–H and O–H groups in total. The second-order valence-corrected chi connectivity index (χ2v) is 1.83. The SMILES string of the molecule is CCCC/C=C\NC. The number of allylic oxidation sites excluding steroid dienone is 1. The first-order chi connectivity index (χ1) is 3.91. The Labute approximate surface area is 51.8 Å². The van der Waals surface area contributed by atoms with Crippen LogP contribution in [0.4, 0.5) is 0 Å². The summed E-state index contributed by atoms with van der Waals surface area (Å²) in [5, 5.41) is 2.95. The van der Waals surface area contributed by atoms with Gasteiger partial charge in [-0.2, -0.15) is 0 Å². The summed E-state index contributed by atoms with van der Waals surface area (Å²) in [6.07, 6.45) is 7.93. The van der Waals surface area contributed by atoms with Crippen molar-refractivity contribution in [3.8, 4) is 0 Å². The maximum Gasteiger partial charge on any atom is 0.00276 e. The van der Waals surface area contributed by atoms with E-state index in [4.69, 9.17) is 0 Å². The van der Waals surface area contributed by atoms with Crippen LogP contribution in [0.5, 0.6) is 0 Å². The van der Waals surface area contributed by atoms with Crippen molar-refractivity contribution in [2.24, 2.45) is 0 Å². The van der Waals surface area contributed by atoms with E-state index >= 15 is 0 Å². The van der Waals surface area contributed by atoms with Gasteiger partial charge in [-0.15, -0.1) is 0 Å². The molecule has 1 heteroatoms. The minimum Gasteiger partial charge on any atom is -0.394 e. The summed E-state index contributed by atoms with van der Waals surface area (Å²) < 4.78 is 0. The monoisotopic (exact) mass is 113 g/mol. The molecule has 0 bridgehead atoms. The second-order valence-electron chi connectivity index (χ2n) is 1.83. The number of hydrogen-bond acceptors (Lipinski definition) is 1. The molecule has 8 heavy (non-hydrogen) atoms. The number of rotatable bonds is 4. The summed E-state index contributed by atoms with van der Waals surface area (Å²) in [6.45, 7) is 2.20. The van der Waals surface area contributed by atoms with E-state index in [9.17, 15) is 0 Å². The van der Waals surface area contributed by atoms with Crippen LogP contribution in [0, 0.1) is 0 Å². The third kappa shape index (κ3) is 5.54. The third-order valence-corrected chi connectivity index (χ3v) is 1.01. The van der Waals surface area contributed by atoms with Crippen LogP contribution in [0.25, 0.3) is 0 Å². The van der Waals surface area contributed by atoms with Crippen molar-refractivity contribution in [3.05, 3.63) is 12.3 Å². The van der Waals surface area contributed by atoms with Crippen LogP contribution in [0.15, 0.2) is 12.3 Å². The Bertz CT molecular complexity index is 57.4. The average molecular weight is 113 g/mol. The van der Waals surface area contributed by atoms with Gasteiger partial charge in [0.15, 0.2) is 0 Å². The number of hydrogen-bond donors (Lipinski definition) is 1. The zero-order valence-corrected chi connectivity index (χ0v) is 5.78. The summed E-state index contributed by atoms with van der Waals surface area (Å²) in [6, 6.07) is 0. The van der Waals surface area contributed by atoms with Gasteiger partial charge in [0.2, 0.25) is 0 Å². The Morgan fingerprint density at radius 1 is 1.50 bits per heavy atom. The largest absolute Gasteiger partial charge is 0.394 e. The summed E-state index contributed by atoms with van der Waals surface area (Å²) in [5.41, 5.74) is 0. The minimum atomic E-state index is 1.21. The molecular weight excluding hydrogens is 98.1 g/mol. The van der Waals surface area contributed by atoms with E-state index in [1.54, 1.807) is 0 Å². The fourth-order valence-electron chi connectivity index (χ4n) is 0.523. The minimum absolute atomic E-state index is 1.21. The van der Waals surface area contributed by atoms with E-state index in [2.05, 4.69) is 18.3 Å². The van der Waals surface area contributed by atoms with Crippen LogP contribution in [0.3, 0.4) is 0 Å². The normalized spacial score (nSPS) is 10.2. The molecule has 0 unspecified atom stereocenters. The predicted octanol–water partition coefficient (Wildman–Crippen LogP) is 1.91. The molecule has 0 amide bonds. The molecule has 0 aliphatic rings. The van der Waals surface area contributed by atoms with E-state index in [0.717, 1.165) is 0 Å². The molecule has 1 nitrogen and oxygen atoms in total. The van der Waals surface area contributed by atoms with Crippen molar-refractivity contribution in [2.45, 2.75) is 26.2 Å². The van der Waals surface area contributed by atoms with Crippen molar-refractivity contribution < 1.29 is 0 Å². The molecule has 0 atom stereocenters. The van der Waals surface area contributed by atoms with Crippen molar-refractivity contribution in [1.29, 1.82) is 0 Å². The van der Waals surface area contributed by atoms with Gasteiger partial charge < -0.3 is 5.32 Å². The summed E-state index contributed by atoms with van der Waals surface area (Å²) in [7, 11) is 1.92. The Hall–Kier alpha value is -0.460. The smallest absolute Gasteiger partial charge is 0.00276 e. The first kappa shape index (κ1) is 7.54. The molecular formula is C7H15N. The molecule has 0 aromatic heterocycles. The van der Waals surface area contributed by atoms with E-state index in [-0.39, 0.29) is 0 Å². The second kappa shape index (κ2) is 6.54. The lowest BCUT2D eigenvalue weighted by Crippen LogP contribution is -1.90. The fraction of sp³-hybridized carbons (Fsp3) is 0.714. The number of nitrogens with one attached hydrogen (secondary N) is 1. The van der Waals surface area contributed by atoms with Crippen LogP contribution in [-0.2, 0) is 0 Å². The van der Waals surface area contributed by atoms with Crippen LogP contribution in [0.1, 0.15) is 26.2 Å². The molecule has 0 aliphatic heterocycles. The summed E-state index contributed by atoms with van der Waals surface area (Å²) in [4.78, 5) is 0. The van der Waals surface area contributed by atoms with Gasteiger partial charge in [-0.05, 0) is 12.6 Å². The molecule has 0 aromatic rings. The van der Waals surface area contributed by atoms with Crippen LogP contribution < -0.4 is 5.32 Å². The van der Waals surface area contributed by atoms with Gasteiger partial charge in [0, 0.05) is 7.05 Å². The molecule has 0 aromatic carbocycles. The van der Waals surface area contributed by atoms with Crippen molar-refractivity contribution in [3.63, 3.8) is 0 Å². The zero-order valence-electron chi connectivity index (χ0n) is 5.78. The van der Waals surface area contributed by atoms with Crippen LogP contribution in [-0.4, -0.2) is 7.05 Å². The maximum absolute atomic E-state index is 2.95. The summed E-state index contributed by atoms with van der Waals surface area (Å²) >= 11 is 0. The quantitative estimate of drug-likeness (QED) is 0.549. The first-order valence-electron chi connectivity index (χ1n) is 3.24. The standard InChI is InChI=1S/C7H15N/c1-3-4-5-6-7-8-2/h6-8H,3-5H2,1-2H3/b7-6-. The molecule has 0 fully saturated rings. The molecule has 48 valence electrons. The highest BCUT2D eigenvalue weighted by atomic mass is 14.8. The molecule has 0 radical (unpaired) electrons. The lowest BCUT2D eigenvalue weighted by molar-refractivity contribution is 0.811.